The summed E-state index contributed by atoms with van der Waals surface area (Å²) in [6.45, 7) is 2.02. The van der Waals surface area contributed by atoms with E-state index in [-0.39, 0.29) is 18.2 Å². The van der Waals surface area contributed by atoms with Gasteiger partial charge in [-0.15, -0.1) is 0 Å². The molecule has 0 aliphatic carbocycles. The second-order valence-corrected chi connectivity index (χ2v) is 6.74. The van der Waals surface area contributed by atoms with E-state index in [1.165, 1.54) is 4.68 Å². The summed E-state index contributed by atoms with van der Waals surface area (Å²) in [5, 5.41) is 9.90. The largest absolute Gasteiger partial charge is 0.457 e. The molecule has 2 N–H and O–H groups in total. The lowest BCUT2D eigenvalue weighted by atomic mass is 10.1. The lowest BCUT2D eigenvalue weighted by molar-refractivity contribution is -0.125. The molecule has 0 radical (unpaired) electrons. The van der Waals surface area contributed by atoms with Crippen molar-refractivity contribution < 1.29 is 14.3 Å². The standard InChI is InChI=1S/C21H21N5O3/c1-2-6-18-23-21-24-19(27)13-17(26(21)25-18)20(28)22-14-9-11-16(12-10-14)29-15-7-4-3-5-8-15/h3-5,7-12,17H,2,6,13H2,1H3,(H,22,28)(H,23,24,25,27)/t17-/m0/s1. The summed E-state index contributed by atoms with van der Waals surface area (Å²) < 4.78 is 7.25. The number of rotatable bonds is 6. The van der Waals surface area contributed by atoms with Crippen molar-refractivity contribution in [1.29, 1.82) is 0 Å². The summed E-state index contributed by atoms with van der Waals surface area (Å²) in [4.78, 5) is 29.1. The number of nitrogens with one attached hydrogen (secondary N) is 2. The Labute approximate surface area is 167 Å². The van der Waals surface area contributed by atoms with Crippen LogP contribution in [0.2, 0.25) is 0 Å². The first kappa shape index (κ1) is 18.7. The number of hydrogen-bond acceptors (Lipinski definition) is 5. The number of anilines is 2. The second-order valence-electron chi connectivity index (χ2n) is 6.74. The van der Waals surface area contributed by atoms with Crippen LogP contribution in [0.3, 0.4) is 0 Å². The first-order chi connectivity index (χ1) is 14.1. The number of fused-ring (bicyclic) bond motifs is 1. The van der Waals surface area contributed by atoms with Crippen LogP contribution in [0.15, 0.2) is 54.6 Å². The summed E-state index contributed by atoms with van der Waals surface area (Å²) in [6.07, 6.45) is 1.59. The number of nitrogens with zero attached hydrogens (tertiary/aromatic N) is 3. The zero-order chi connectivity index (χ0) is 20.2. The lowest BCUT2D eigenvalue weighted by Gasteiger charge is -2.22. The molecule has 4 rings (SSSR count). The van der Waals surface area contributed by atoms with Crippen molar-refractivity contribution in [3.8, 4) is 11.5 Å². The van der Waals surface area contributed by atoms with E-state index in [0.29, 0.717) is 29.6 Å². The van der Waals surface area contributed by atoms with Crippen molar-refractivity contribution in [2.45, 2.75) is 32.2 Å². The van der Waals surface area contributed by atoms with Crippen LogP contribution in [0.5, 0.6) is 11.5 Å². The fraction of sp³-hybridized carbons (Fsp3) is 0.238. The van der Waals surface area contributed by atoms with E-state index < -0.39 is 6.04 Å². The highest BCUT2D eigenvalue weighted by molar-refractivity contribution is 6.00. The van der Waals surface area contributed by atoms with Crippen LogP contribution in [-0.2, 0) is 16.0 Å². The maximum atomic E-state index is 12.8. The molecule has 8 nitrogen and oxygen atoms in total. The minimum Gasteiger partial charge on any atom is -0.457 e. The summed E-state index contributed by atoms with van der Waals surface area (Å²) in [7, 11) is 0. The fourth-order valence-corrected chi connectivity index (χ4v) is 3.10. The van der Waals surface area contributed by atoms with Crippen LogP contribution in [-0.4, -0.2) is 26.6 Å². The number of benzene rings is 2. The van der Waals surface area contributed by atoms with Crippen LogP contribution in [0.1, 0.15) is 31.6 Å². The van der Waals surface area contributed by atoms with Crippen LogP contribution < -0.4 is 15.4 Å². The van der Waals surface area contributed by atoms with Gasteiger partial charge in [0.1, 0.15) is 17.5 Å². The first-order valence-corrected chi connectivity index (χ1v) is 9.51. The van der Waals surface area contributed by atoms with E-state index >= 15 is 0 Å². The maximum Gasteiger partial charge on any atom is 0.249 e. The van der Waals surface area contributed by atoms with Gasteiger partial charge in [-0.2, -0.15) is 10.1 Å². The van der Waals surface area contributed by atoms with Gasteiger partial charge in [-0.1, -0.05) is 25.1 Å². The number of carbonyl (C=O) groups is 2. The molecule has 8 heteroatoms. The van der Waals surface area contributed by atoms with Gasteiger partial charge in [0.05, 0.1) is 6.42 Å². The maximum absolute atomic E-state index is 12.8. The van der Waals surface area contributed by atoms with Gasteiger partial charge in [0.15, 0.2) is 5.82 Å². The Morgan fingerprint density at radius 1 is 1.17 bits per heavy atom. The van der Waals surface area contributed by atoms with Crippen molar-refractivity contribution in [3.05, 3.63) is 60.4 Å². The molecule has 1 atom stereocenters. The van der Waals surface area contributed by atoms with Crippen molar-refractivity contribution in [2.24, 2.45) is 0 Å². The Morgan fingerprint density at radius 2 is 1.90 bits per heavy atom. The molecule has 3 aromatic rings. The number of aromatic nitrogens is 3. The summed E-state index contributed by atoms with van der Waals surface area (Å²) in [5.41, 5.74) is 0.608. The van der Waals surface area contributed by atoms with E-state index in [1.807, 2.05) is 37.3 Å². The number of amides is 2. The molecule has 0 unspecified atom stereocenters. The third kappa shape index (κ3) is 4.26. The van der Waals surface area contributed by atoms with Gasteiger partial charge in [0.2, 0.25) is 17.8 Å². The average Bonchev–Trinajstić information content (AvgIpc) is 3.12. The van der Waals surface area contributed by atoms with Crippen molar-refractivity contribution in [3.63, 3.8) is 0 Å². The Balaban J connectivity index is 1.46. The second kappa shape index (κ2) is 8.14. The summed E-state index contributed by atoms with van der Waals surface area (Å²) in [5.74, 6) is 1.76. The first-order valence-electron chi connectivity index (χ1n) is 9.51. The number of para-hydroxylation sites is 1. The van der Waals surface area contributed by atoms with Gasteiger partial charge in [-0.25, -0.2) is 4.68 Å². The van der Waals surface area contributed by atoms with Crippen LogP contribution in [0.25, 0.3) is 0 Å². The molecule has 29 heavy (non-hydrogen) atoms. The minimum atomic E-state index is -0.739. The van der Waals surface area contributed by atoms with E-state index in [9.17, 15) is 9.59 Å². The molecule has 0 fully saturated rings. The molecule has 148 valence electrons. The molecule has 0 saturated carbocycles. The number of ether oxygens (including phenoxy) is 1. The molecule has 1 aromatic heterocycles. The number of aryl methyl sites for hydroxylation is 1. The highest BCUT2D eigenvalue weighted by Crippen LogP contribution is 2.26. The molecule has 2 heterocycles. The highest BCUT2D eigenvalue weighted by Gasteiger charge is 2.33. The smallest absolute Gasteiger partial charge is 0.249 e. The van der Waals surface area contributed by atoms with Gasteiger partial charge in [0.25, 0.3) is 0 Å². The molecular weight excluding hydrogens is 370 g/mol. The van der Waals surface area contributed by atoms with E-state index in [0.717, 1.165) is 12.2 Å². The molecule has 2 amide bonds. The van der Waals surface area contributed by atoms with Gasteiger partial charge in [-0.3, -0.25) is 14.9 Å². The van der Waals surface area contributed by atoms with Crippen LogP contribution in [0, 0.1) is 0 Å². The van der Waals surface area contributed by atoms with Gasteiger partial charge in [-0.05, 0) is 42.8 Å². The molecule has 1 aliphatic heterocycles. The number of carbonyl (C=O) groups excluding carboxylic acids is 2. The average molecular weight is 391 g/mol. The quantitative estimate of drug-likeness (QED) is 0.670. The summed E-state index contributed by atoms with van der Waals surface area (Å²) in [6, 6.07) is 15.8. The Morgan fingerprint density at radius 3 is 2.62 bits per heavy atom. The van der Waals surface area contributed by atoms with Crippen LogP contribution in [0.4, 0.5) is 11.6 Å². The molecule has 0 spiro atoms. The van der Waals surface area contributed by atoms with Gasteiger partial charge >= 0.3 is 0 Å². The zero-order valence-electron chi connectivity index (χ0n) is 16.0. The van der Waals surface area contributed by atoms with Gasteiger partial charge < -0.3 is 10.1 Å². The molecule has 2 aromatic carbocycles. The third-order valence-corrected chi connectivity index (χ3v) is 4.48. The third-order valence-electron chi connectivity index (χ3n) is 4.48. The predicted octanol–water partition coefficient (Wildman–Crippen LogP) is 3.54. The normalized spacial score (nSPS) is 15.3. The van der Waals surface area contributed by atoms with Crippen molar-refractivity contribution in [2.75, 3.05) is 10.6 Å². The molecule has 1 aliphatic rings. The lowest BCUT2D eigenvalue weighted by Crippen LogP contribution is -2.36. The monoisotopic (exact) mass is 391 g/mol. The van der Waals surface area contributed by atoms with E-state index in [1.54, 1.807) is 24.3 Å². The minimum absolute atomic E-state index is 0.0168. The van der Waals surface area contributed by atoms with Crippen LogP contribution >= 0.6 is 0 Å². The van der Waals surface area contributed by atoms with Crippen molar-refractivity contribution in [1.82, 2.24) is 14.8 Å². The fourth-order valence-electron chi connectivity index (χ4n) is 3.10. The zero-order valence-corrected chi connectivity index (χ0v) is 16.0. The van der Waals surface area contributed by atoms with E-state index in [2.05, 4.69) is 20.7 Å². The Kier molecular flexibility index (Phi) is 5.24. The molecular formula is C21H21N5O3. The van der Waals surface area contributed by atoms with Crippen molar-refractivity contribution >= 4 is 23.5 Å². The molecule has 0 saturated heterocycles. The van der Waals surface area contributed by atoms with E-state index in [4.69, 9.17) is 4.74 Å². The topological polar surface area (TPSA) is 98.1 Å². The highest BCUT2D eigenvalue weighted by atomic mass is 16.5. The Hall–Kier alpha value is -3.68. The molecule has 0 bridgehead atoms. The Bertz CT molecular complexity index is 1010. The SMILES string of the molecule is CCCc1nc2n(n1)[C@H](C(=O)Nc1ccc(Oc3ccccc3)cc1)CC(=O)N2. The van der Waals surface area contributed by atoms with Gasteiger partial charge in [0, 0.05) is 12.1 Å². The number of hydrogen-bond donors (Lipinski definition) is 2. The summed E-state index contributed by atoms with van der Waals surface area (Å²) >= 11 is 0. The predicted molar refractivity (Wildman–Crippen MR) is 108 cm³/mol.